The Morgan fingerprint density at radius 2 is 2.18 bits per heavy atom. The smallest absolute Gasteiger partial charge is 0.227 e. The number of carbonyl (C=O) groups is 1. The summed E-state index contributed by atoms with van der Waals surface area (Å²) < 4.78 is 1.76. The molecule has 0 saturated carbocycles. The molecule has 28 heavy (non-hydrogen) atoms. The summed E-state index contributed by atoms with van der Waals surface area (Å²) in [6.45, 7) is 4.83. The molecule has 150 valence electrons. The molecule has 1 aromatic heterocycles. The van der Waals surface area contributed by atoms with Gasteiger partial charge < -0.3 is 15.1 Å². The first-order chi connectivity index (χ1) is 13.6. The largest absolute Gasteiger partial charge is 0.357 e. The molecule has 0 atom stereocenters. The van der Waals surface area contributed by atoms with Crippen LogP contribution >= 0.6 is 0 Å². The van der Waals surface area contributed by atoms with Crippen LogP contribution in [0.15, 0.2) is 35.6 Å². The number of benzene rings is 1. The quantitative estimate of drug-likeness (QED) is 0.446. The molecule has 2 aromatic rings. The Balaban J connectivity index is 1.51. The molecule has 8 heteroatoms. The highest BCUT2D eigenvalue weighted by Gasteiger charge is 2.23. The molecule has 8 nitrogen and oxygen atoms in total. The lowest BCUT2D eigenvalue weighted by Gasteiger charge is -2.21. The molecule has 0 aliphatic carbocycles. The summed E-state index contributed by atoms with van der Waals surface area (Å²) in [7, 11) is 3.85. The minimum absolute atomic E-state index is 0.178. The molecule has 0 unspecified atom stereocenters. The minimum atomic E-state index is 0.178. The van der Waals surface area contributed by atoms with Crippen LogP contribution in [0.25, 0.3) is 0 Å². The van der Waals surface area contributed by atoms with Gasteiger partial charge in [-0.15, -0.1) is 0 Å². The summed E-state index contributed by atoms with van der Waals surface area (Å²) in [4.78, 5) is 25.4. The van der Waals surface area contributed by atoms with Crippen molar-refractivity contribution in [3.63, 3.8) is 0 Å². The Morgan fingerprint density at radius 1 is 1.36 bits per heavy atom. The predicted octanol–water partition coefficient (Wildman–Crippen LogP) is 1.58. The van der Waals surface area contributed by atoms with E-state index in [1.165, 1.54) is 5.56 Å². The summed E-state index contributed by atoms with van der Waals surface area (Å²) >= 11 is 0. The number of fused-ring (bicyclic) bond motifs is 1. The van der Waals surface area contributed by atoms with E-state index in [1.54, 1.807) is 11.0 Å². The molecule has 0 radical (unpaired) electrons. The summed E-state index contributed by atoms with van der Waals surface area (Å²) in [5, 5.41) is 7.39. The Bertz CT molecular complexity index is 829. The van der Waals surface area contributed by atoms with Gasteiger partial charge in [-0.25, -0.2) is 4.98 Å². The van der Waals surface area contributed by atoms with Crippen LogP contribution in [0.4, 0.5) is 5.69 Å². The van der Waals surface area contributed by atoms with Gasteiger partial charge >= 0.3 is 0 Å². The lowest BCUT2D eigenvalue weighted by molar-refractivity contribution is -0.118. The van der Waals surface area contributed by atoms with Crippen LogP contribution in [0.5, 0.6) is 0 Å². The van der Waals surface area contributed by atoms with Crippen LogP contribution in [-0.2, 0) is 24.8 Å². The zero-order valence-corrected chi connectivity index (χ0v) is 16.9. The molecule has 0 saturated heterocycles. The first kappa shape index (κ1) is 19.9. The van der Waals surface area contributed by atoms with Gasteiger partial charge in [-0.3, -0.25) is 14.5 Å². The van der Waals surface area contributed by atoms with Gasteiger partial charge in [0.1, 0.15) is 12.2 Å². The summed E-state index contributed by atoms with van der Waals surface area (Å²) in [6, 6.07) is 8.15. The fourth-order valence-electron chi connectivity index (χ4n) is 3.37. The average molecular weight is 384 g/mol. The van der Waals surface area contributed by atoms with Gasteiger partial charge in [-0.05, 0) is 31.4 Å². The van der Waals surface area contributed by atoms with Crippen molar-refractivity contribution in [3.05, 3.63) is 42.0 Å². The number of aliphatic imine (C=N–C) groups is 1. The number of aryl methyl sites for hydroxylation is 1. The number of aromatic nitrogens is 3. The lowest BCUT2D eigenvalue weighted by Crippen LogP contribution is -2.39. The molecule has 0 fully saturated rings. The molecule has 1 aliphatic heterocycles. The number of anilines is 1. The number of nitrogens with one attached hydrogen (secondary N) is 1. The van der Waals surface area contributed by atoms with Crippen LogP contribution in [0, 0.1) is 0 Å². The van der Waals surface area contributed by atoms with Crippen molar-refractivity contribution in [2.75, 3.05) is 31.6 Å². The maximum absolute atomic E-state index is 12.6. The van der Waals surface area contributed by atoms with Crippen molar-refractivity contribution >= 4 is 17.6 Å². The Hall–Kier alpha value is -2.90. The maximum Gasteiger partial charge on any atom is 0.227 e. The second-order valence-electron chi connectivity index (χ2n) is 6.92. The fourth-order valence-corrected chi connectivity index (χ4v) is 3.37. The van der Waals surface area contributed by atoms with E-state index in [1.807, 2.05) is 49.0 Å². The highest BCUT2D eigenvalue weighted by Crippen LogP contribution is 2.27. The molecule has 0 bridgehead atoms. The van der Waals surface area contributed by atoms with Crippen molar-refractivity contribution in [2.45, 2.75) is 32.7 Å². The van der Waals surface area contributed by atoms with Crippen molar-refractivity contribution in [3.8, 4) is 0 Å². The number of rotatable bonds is 7. The van der Waals surface area contributed by atoms with E-state index in [0.717, 1.165) is 43.4 Å². The van der Waals surface area contributed by atoms with Crippen LogP contribution in [0.2, 0.25) is 0 Å². The average Bonchev–Trinajstić information content (AvgIpc) is 3.30. The van der Waals surface area contributed by atoms with Gasteiger partial charge in [0.05, 0.1) is 6.54 Å². The van der Waals surface area contributed by atoms with Crippen LogP contribution < -0.4 is 10.2 Å². The molecule has 0 spiro atoms. The van der Waals surface area contributed by atoms with E-state index in [-0.39, 0.29) is 5.91 Å². The molecule has 2 heterocycles. The molecule has 1 N–H and O–H groups in total. The Labute approximate surface area is 166 Å². The van der Waals surface area contributed by atoms with Crippen LogP contribution in [0.1, 0.15) is 31.2 Å². The first-order valence-corrected chi connectivity index (χ1v) is 9.80. The van der Waals surface area contributed by atoms with Crippen molar-refractivity contribution in [2.24, 2.45) is 12.0 Å². The zero-order chi connectivity index (χ0) is 19.9. The van der Waals surface area contributed by atoms with Crippen LogP contribution in [-0.4, -0.2) is 58.2 Å². The fraction of sp³-hybridized carbons (Fsp3) is 0.500. The van der Waals surface area contributed by atoms with Gasteiger partial charge in [-0.1, -0.05) is 18.2 Å². The molecule has 3 rings (SSSR count). The molecular weight excluding hydrogens is 354 g/mol. The van der Waals surface area contributed by atoms with Gasteiger partial charge in [0, 0.05) is 45.8 Å². The minimum Gasteiger partial charge on any atom is -0.357 e. The number of nitrogens with zero attached hydrogens (tertiary/aromatic N) is 6. The SMILES string of the molecule is CCNC(=NCCCC(=O)N1CCc2ccccc21)N(C)Cc1ncnn1C. The summed E-state index contributed by atoms with van der Waals surface area (Å²) in [5.74, 6) is 1.86. The Morgan fingerprint density at radius 3 is 2.93 bits per heavy atom. The molecule has 1 aromatic carbocycles. The number of carbonyl (C=O) groups excluding carboxylic acids is 1. The van der Waals surface area contributed by atoms with Crippen LogP contribution in [0.3, 0.4) is 0 Å². The van der Waals surface area contributed by atoms with E-state index in [2.05, 4.69) is 26.5 Å². The number of amides is 1. The maximum atomic E-state index is 12.6. The third-order valence-corrected chi connectivity index (χ3v) is 4.88. The van der Waals surface area contributed by atoms with Gasteiger partial charge in [-0.2, -0.15) is 5.10 Å². The van der Waals surface area contributed by atoms with E-state index in [9.17, 15) is 4.79 Å². The van der Waals surface area contributed by atoms with Crippen molar-refractivity contribution in [1.29, 1.82) is 0 Å². The van der Waals surface area contributed by atoms with E-state index in [4.69, 9.17) is 0 Å². The summed E-state index contributed by atoms with van der Waals surface area (Å²) in [5.41, 5.74) is 2.32. The third-order valence-electron chi connectivity index (χ3n) is 4.88. The number of hydrogen-bond donors (Lipinski definition) is 1. The third kappa shape index (κ3) is 4.68. The highest BCUT2D eigenvalue weighted by atomic mass is 16.2. The topological polar surface area (TPSA) is 78.7 Å². The monoisotopic (exact) mass is 383 g/mol. The normalized spacial score (nSPS) is 13.5. The highest BCUT2D eigenvalue weighted by molar-refractivity contribution is 5.95. The van der Waals surface area contributed by atoms with E-state index < -0.39 is 0 Å². The van der Waals surface area contributed by atoms with E-state index in [0.29, 0.717) is 19.5 Å². The number of hydrogen-bond acceptors (Lipinski definition) is 4. The zero-order valence-electron chi connectivity index (χ0n) is 16.9. The van der Waals surface area contributed by atoms with Crippen molar-refractivity contribution < 1.29 is 4.79 Å². The standard InChI is InChI=1S/C20H29N7O/c1-4-21-20(25(2)14-18-23-15-24-26(18)3)22-12-7-10-19(28)27-13-11-16-8-5-6-9-17(16)27/h5-6,8-9,15H,4,7,10-14H2,1-3H3,(H,21,22). The van der Waals surface area contributed by atoms with Gasteiger partial charge in [0.15, 0.2) is 5.96 Å². The van der Waals surface area contributed by atoms with E-state index >= 15 is 0 Å². The molecule has 1 amide bonds. The lowest BCUT2D eigenvalue weighted by atomic mass is 10.2. The van der Waals surface area contributed by atoms with Crippen molar-refractivity contribution in [1.82, 2.24) is 25.0 Å². The molecular formula is C20H29N7O. The summed E-state index contributed by atoms with van der Waals surface area (Å²) in [6.07, 6.45) is 3.72. The van der Waals surface area contributed by atoms with Gasteiger partial charge in [0.25, 0.3) is 0 Å². The Kier molecular flexibility index (Phi) is 6.62. The second-order valence-corrected chi connectivity index (χ2v) is 6.92. The first-order valence-electron chi connectivity index (χ1n) is 9.80. The van der Waals surface area contributed by atoms with Gasteiger partial charge in [0.2, 0.25) is 5.91 Å². The second kappa shape index (κ2) is 9.34. The number of para-hydroxylation sites is 1. The predicted molar refractivity (Wildman–Crippen MR) is 110 cm³/mol. The number of guanidine groups is 1. The molecule has 1 aliphatic rings.